The van der Waals surface area contributed by atoms with Gasteiger partial charge in [-0.15, -0.1) is 0 Å². The molecule has 4 nitrogen and oxygen atoms in total. The van der Waals surface area contributed by atoms with Gasteiger partial charge in [0.05, 0.1) is 18.5 Å². The van der Waals surface area contributed by atoms with Gasteiger partial charge in [-0.2, -0.15) is 5.10 Å². The zero-order valence-electron chi connectivity index (χ0n) is 12.7. The van der Waals surface area contributed by atoms with Crippen LogP contribution in [0.15, 0.2) is 30.5 Å². The van der Waals surface area contributed by atoms with E-state index in [-0.39, 0.29) is 0 Å². The lowest BCUT2D eigenvalue weighted by molar-refractivity contribution is 0.309. The highest BCUT2D eigenvalue weighted by Gasteiger charge is 2.27. The third-order valence-corrected chi connectivity index (χ3v) is 4.99. The van der Waals surface area contributed by atoms with Crippen LogP contribution in [-0.4, -0.2) is 21.2 Å². The molecule has 0 saturated heterocycles. The average molecular weight is 313 g/mol. The van der Waals surface area contributed by atoms with Crippen molar-refractivity contribution < 1.29 is 4.74 Å². The second-order valence-corrected chi connectivity index (χ2v) is 6.78. The van der Waals surface area contributed by atoms with Crippen molar-refractivity contribution in [2.45, 2.75) is 38.5 Å². The van der Waals surface area contributed by atoms with Crippen LogP contribution < -0.4 is 4.74 Å². The van der Waals surface area contributed by atoms with Gasteiger partial charge in [0.25, 0.3) is 0 Å². The highest BCUT2D eigenvalue weighted by Crippen LogP contribution is 2.42. The van der Waals surface area contributed by atoms with Crippen molar-refractivity contribution in [3.8, 4) is 17.0 Å². The van der Waals surface area contributed by atoms with E-state index in [1.54, 1.807) is 11.3 Å². The summed E-state index contributed by atoms with van der Waals surface area (Å²) in [7, 11) is 0. The Bertz CT molecular complexity index is 739. The number of aromatic nitrogens is 3. The van der Waals surface area contributed by atoms with Gasteiger partial charge in [-0.25, -0.2) is 9.50 Å². The van der Waals surface area contributed by atoms with Gasteiger partial charge in [0, 0.05) is 11.5 Å². The number of fused-ring (bicyclic) bond motifs is 1. The molecule has 1 fully saturated rings. The van der Waals surface area contributed by atoms with E-state index in [9.17, 15) is 0 Å². The van der Waals surface area contributed by atoms with Gasteiger partial charge in [0.15, 0.2) is 0 Å². The van der Waals surface area contributed by atoms with Crippen molar-refractivity contribution in [1.29, 1.82) is 0 Å². The minimum absolute atomic E-state index is 0.690. The number of unbranched alkanes of at least 4 members (excludes halogenated alkanes) is 1. The molecule has 0 bridgehead atoms. The molecule has 2 aromatic heterocycles. The predicted octanol–water partition coefficient (Wildman–Crippen LogP) is 4.51. The molecular weight excluding hydrogens is 294 g/mol. The molecule has 2 heterocycles. The summed E-state index contributed by atoms with van der Waals surface area (Å²) < 4.78 is 7.61. The Kier molecular flexibility index (Phi) is 3.58. The quantitative estimate of drug-likeness (QED) is 0.628. The van der Waals surface area contributed by atoms with Gasteiger partial charge in [-0.1, -0.05) is 24.7 Å². The molecule has 114 valence electrons. The monoisotopic (exact) mass is 313 g/mol. The summed E-state index contributed by atoms with van der Waals surface area (Å²) in [4.78, 5) is 5.68. The minimum atomic E-state index is 0.690. The van der Waals surface area contributed by atoms with Crippen molar-refractivity contribution in [3.05, 3.63) is 35.5 Å². The predicted molar refractivity (Wildman–Crippen MR) is 88.7 cm³/mol. The highest BCUT2D eigenvalue weighted by atomic mass is 32.1. The number of benzene rings is 1. The maximum atomic E-state index is 5.69. The van der Waals surface area contributed by atoms with Crippen LogP contribution in [0.1, 0.15) is 43.5 Å². The van der Waals surface area contributed by atoms with Crippen LogP contribution in [0.3, 0.4) is 0 Å². The number of nitrogens with zero attached hydrogens (tertiary/aromatic N) is 3. The van der Waals surface area contributed by atoms with Gasteiger partial charge in [-0.3, -0.25) is 0 Å². The van der Waals surface area contributed by atoms with Crippen molar-refractivity contribution in [1.82, 2.24) is 14.6 Å². The van der Waals surface area contributed by atoms with E-state index < -0.39 is 0 Å². The van der Waals surface area contributed by atoms with Crippen LogP contribution in [-0.2, 0) is 0 Å². The summed E-state index contributed by atoms with van der Waals surface area (Å²) in [5.74, 6) is 1.61. The van der Waals surface area contributed by atoms with Gasteiger partial charge >= 0.3 is 0 Å². The van der Waals surface area contributed by atoms with E-state index in [0.717, 1.165) is 41.4 Å². The summed E-state index contributed by atoms with van der Waals surface area (Å²) in [6, 6.07) is 8.16. The van der Waals surface area contributed by atoms with Crippen LogP contribution in [0, 0.1) is 0 Å². The van der Waals surface area contributed by atoms with Crippen LogP contribution in [0.4, 0.5) is 0 Å². The maximum absolute atomic E-state index is 5.69. The molecule has 3 aromatic rings. The van der Waals surface area contributed by atoms with Gasteiger partial charge in [0.2, 0.25) is 4.96 Å². The van der Waals surface area contributed by atoms with Crippen LogP contribution in [0.2, 0.25) is 0 Å². The summed E-state index contributed by atoms with van der Waals surface area (Å²) in [5.41, 5.74) is 2.08. The smallest absolute Gasteiger partial charge is 0.212 e. The first kappa shape index (κ1) is 13.8. The van der Waals surface area contributed by atoms with Crippen molar-refractivity contribution in [2.24, 2.45) is 0 Å². The number of hydrogen-bond acceptors (Lipinski definition) is 4. The van der Waals surface area contributed by atoms with Crippen LogP contribution in [0.25, 0.3) is 16.2 Å². The van der Waals surface area contributed by atoms with E-state index in [0.29, 0.717) is 5.92 Å². The third kappa shape index (κ3) is 2.73. The fraction of sp³-hybridized carbons (Fsp3) is 0.412. The molecule has 0 N–H and O–H groups in total. The van der Waals surface area contributed by atoms with Gasteiger partial charge < -0.3 is 4.74 Å². The molecule has 0 atom stereocenters. The fourth-order valence-electron chi connectivity index (χ4n) is 2.41. The molecule has 0 spiro atoms. The standard InChI is InChI=1S/C17H19N3OS/c1-2-3-10-21-14-8-6-12(7-9-14)15-11-20-17(18-15)22-16(19-20)13-4-5-13/h6-9,11,13H,2-5,10H2,1H3. The first-order valence-corrected chi connectivity index (χ1v) is 8.74. The van der Waals surface area contributed by atoms with E-state index in [2.05, 4.69) is 24.2 Å². The first-order valence-electron chi connectivity index (χ1n) is 7.93. The van der Waals surface area contributed by atoms with E-state index in [1.165, 1.54) is 17.8 Å². The maximum Gasteiger partial charge on any atom is 0.212 e. The second kappa shape index (κ2) is 5.72. The molecular formula is C17H19N3OS. The van der Waals surface area contributed by atoms with E-state index >= 15 is 0 Å². The number of hydrogen-bond donors (Lipinski definition) is 0. The normalized spacial score (nSPS) is 14.6. The summed E-state index contributed by atoms with van der Waals surface area (Å²) in [6.07, 6.45) is 6.82. The summed E-state index contributed by atoms with van der Waals surface area (Å²) >= 11 is 1.72. The van der Waals surface area contributed by atoms with Crippen molar-refractivity contribution in [3.63, 3.8) is 0 Å². The summed E-state index contributed by atoms with van der Waals surface area (Å²) in [5, 5.41) is 5.87. The first-order chi connectivity index (χ1) is 10.8. The fourth-order valence-corrected chi connectivity index (χ4v) is 3.46. The lowest BCUT2D eigenvalue weighted by atomic mass is 10.2. The molecule has 22 heavy (non-hydrogen) atoms. The van der Waals surface area contributed by atoms with Gasteiger partial charge in [0.1, 0.15) is 10.8 Å². The molecule has 0 unspecified atom stereocenters. The Morgan fingerprint density at radius 1 is 1.27 bits per heavy atom. The zero-order valence-corrected chi connectivity index (χ0v) is 13.5. The minimum Gasteiger partial charge on any atom is -0.494 e. The Labute approximate surface area is 133 Å². The average Bonchev–Trinajstić information content (AvgIpc) is 3.19. The van der Waals surface area contributed by atoms with Crippen LogP contribution in [0.5, 0.6) is 5.75 Å². The second-order valence-electron chi connectivity index (χ2n) is 5.79. The Morgan fingerprint density at radius 3 is 2.77 bits per heavy atom. The molecule has 0 amide bonds. The molecule has 1 saturated carbocycles. The molecule has 1 aliphatic carbocycles. The Morgan fingerprint density at radius 2 is 2.09 bits per heavy atom. The topological polar surface area (TPSA) is 39.4 Å². The SMILES string of the molecule is CCCCOc1ccc(-c2cn3nc(C4CC4)sc3n2)cc1. The molecule has 5 heteroatoms. The highest BCUT2D eigenvalue weighted by molar-refractivity contribution is 7.16. The van der Waals surface area contributed by atoms with Crippen molar-refractivity contribution >= 4 is 16.3 Å². The molecule has 1 aliphatic rings. The van der Waals surface area contributed by atoms with E-state index in [4.69, 9.17) is 9.72 Å². The molecule has 1 aromatic carbocycles. The Balaban J connectivity index is 1.52. The van der Waals surface area contributed by atoms with Crippen molar-refractivity contribution in [2.75, 3.05) is 6.61 Å². The number of imidazole rings is 1. The third-order valence-electron chi connectivity index (χ3n) is 3.90. The van der Waals surface area contributed by atoms with E-state index in [1.807, 2.05) is 22.8 Å². The number of rotatable bonds is 6. The van der Waals surface area contributed by atoms with Gasteiger partial charge in [-0.05, 0) is 43.5 Å². The zero-order chi connectivity index (χ0) is 14.9. The molecule has 0 aliphatic heterocycles. The number of ether oxygens (including phenoxy) is 1. The largest absolute Gasteiger partial charge is 0.494 e. The molecule has 4 rings (SSSR count). The lowest BCUT2D eigenvalue weighted by Gasteiger charge is -2.05. The molecule has 0 radical (unpaired) electrons. The Hall–Kier alpha value is -1.88. The summed E-state index contributed by atoms with van der Waals surface area (Å²) in [6.45, 7) is 2.95. The van der Waals surface area contributed by atoms with Crippen LogP contribution >= 0.6 is 11.3 Å². The lowest BCUT2D eigenvalue weighted by Crippen LogP contribution is -1.95.